The fraction of sp³-hybridized carbons (Fsp3) is 0.350. The first kappa shape index (κ1) is 17.3. The van der Waals surface area contributed by atoms with E-state index < -0.39 is 0 Å². The number of anilines is 3. The van der Waals surface area contributed by atoms with Crippen molar-refractivity contribution in [3.05, 3.63) is 54.1 Å². The van der Waals surface area contributed by atoms with E-state index in [0.29, 0.717) is 13.0 Å². The van der Waals surface area contributed by atoms with Crippen LogP contribution in [0.1, 0.15) is 12.0 Å². The monoisotopic (exact) mass is 339 g/mol. The van der Waals surface area contributed by atoms with Gasteiger partial charge in [-0.3, -0.25) is 4.79 Å². The molecule has 0 aromatic heterocycles. The molecule has 3 rings (SSSR count). The second-order valence-corrected chi connectivity index (χ2v) is 6.21. The van der Waals surface area contributed by atoms with Crippen molar-refractivity contribution in [1.29, 1.82) is 0 Å². The predicted octanol–water partition coefficient (Wildman–Crippen LogP) is 3.27. The summed E-state index contributed by atoms with van der Waals surface area (Å²) in [6.45, 7) is 5.93. The van der Waals surface area contributed by atoms with E-state index in [9.17, 15) is 4.79 Å². The van der Waals surface area contributed by atoms with Crippen LogP contribution in [0.5, 0.6) is 0 Å². The van der Waals surface area contributed by atoms with Crippen molar-refractivity contribution in [1.82, 2.24) is 0 Å². The molecule has 5 nitrogen and oxygen atoms in total. The van der Waals surface area contributed by atoms with E-state index in [0.717, 1.165) is 37.7 Å². The Bertz CT molecular complexity index is 694. The molecule has 0 unspecified atom stereocenters. The summed E-state index contributed by atoms with van der Waals surface area (Å²) in [6.07, 6.45) is 0.422. The summed E-state index contributed by atoms with van der Waals surface area (Å²) in [4.78, 5) is 14.4. The van der Waals surface area contributed by atoms with Gasteiger partial charge in [0.15, 0.2) is 0 Å². The highest BCUT2D eigenvalue weighted by molar-refractivity contribution is 5.91. The lowest BCUT2D eigenvalue weighted by Crippen LogP contribution is -2.36. The van der Waals surface area contributed by atoms with Gasteiger partial charge in [-0.25, -0.2) is 0 Å². The molecule has 0 radical (unpaired) electrons. The highest BCUT2D eigenvalue weighted by Gasteiger charge is 2.14. The van der Waals surface area contributed by atoms with Crippen LogP contribution in [0.15, 0.2) is 48.5 Å². The molecule has 5 heteroatoms. The van der Waals surface area contributed by atoms with Gasteiger partial charge in [-0.1, -0.05) is 29.8 Å². The number of hydrogen-bond acceptors (Lipinski definition) is 4. The number of rotatable bonds is 6. The summed E-state index contributed by atoms with van der Waals surface area (Å²) in [5.74, 6) is 0.0141. The molecule has 1 aliphatic heterocycles. The molecule has 132 valence electrons. The number of nitrogens with zero attached hydrogens (tertiary/aromatic N) is 1. The second kappa shape index (κ2) is 8.53. The third-order valence-electron chi connectivity index (χ3n) is 4.26. The summed E-state index contributed by atoms with van der Waals surface area (Å²) >= 11 is 0. The van der Waals surface area contributed by atoms with Gasteiger partial charge >= 0.3 is 0 Å². The fourth-order valence-electron chi connectivity index (χ4n) is 2.87. The molecular formula is C20H25N3O2. The quantitative estimate of drug-likeness (QED) is 0.848. The van der Waals surface area contributed by atoms with E-state index >= 15 is 0 Å². The second-order valence-electron chi connectivity index (χ2n) is 6.21. The van der Waals surface area contributed by atoms with E-state index in [1.807, 2.05) is 43.3 Å². The van der Waals surface area contributed by atoms with Crippen LogP contribution in [0.3, 0.4) is 0 Å². The first-order valence-electron chi connectivity index (χ1n) is 8.74. The van der Waals surface area contributed by atoms with E-state index in [1.165, 1.54) is 11.3 Å². The van der Waals surface area contributed by atoms with Crippen LogP contribution in [-0.2, 0) is 9.53 Å². The maximum absolute atomic E-state index is 12.1. The van der Waals surface area contributed by atoms with Gasteiger partial charge in [-0.2, -0.15) is 0 Å². The topological polar surface area (TPSA) is 53.6 Å². The highest BCUT2D eigenvalue weighted by Crippen LogP contribution is 2.26. The van der Waals surface area contributed by atoms with Gasteiger partial charge in [0.2, 0.25) is 5.91 Å². The molecule has 1 heterocycles. The van der Waals surface area contributed by atoms with E-state index in [4.69, 9.17) is 4.74 Å². The first-order valence-corrected chi connectivity index (χ1v) is 8.74. The standard InChI is InChI=1S/C20H25N3O2/c1-16-6-8-17(9-7-16)22-20(24)10-11-21-18-4-2-3-5-19(18)23-12-14-25-15-13-23/h2-9,21H,10-15H2,1H3,(H,22,24). The Balaban J connectivity index is 1.51. The third-order valence-corrected chi connectivity index (χ3v) is 4.26. The summed E-state index contributed by atoms with van der Waals surface area (Å²) in [6, 6.07) is 16.1. The number of aryl methyl sites for hydroxylation is 1. The van der Waals surface area contributed by atoms with Gasteiger partial charge < -0.3 is 20.3 Å². The predicted molar refractivity (Wildman–Crippen MR) is 102 cm³/mol. The van der Waals surface area contributed by atoms with Crippen molar-refractivity contribution in [3.63, 3.8) is 0 Å². The number of amides is 1. The number of ether oxygens (including phenoxy) is 1. The Hall–Kier alpha value is -2.53. The molecule has 2 N–H and O–H groups in total. The van der Waals surface area contributed by atoms with Crippen LogP contribution in [0.25, 0.3) is 0 Å². The molecule has 0 bridgehead atoms. The molecule has 1 amide bonds. The molecule has 1 aliphatic rings. The molecular weight excluding hydrogens is 314 g/mol. The van der Waals surface area contributed by atoms with Crippen LogP contribution < -0.4 is 15.5 Å². The number of benzene rings is 2. The van der Waals surface area contributed by atoms with Crippen LogP contribution in [0, 0.1) is 6.92 Å². The van der Waals surface area contributed by atoms with Gasteiger partial charge in [0.05, 0.1) is 24.6 Å². The number of nitrogens with one attached hydrogen (secondary N) is 2. The molecule has 1 saturated heterocycles. The van der Waals surface area contributed by atoms with Gasteiger partial charge in [0, 0.05) is 31.7 Å². The highest BCUT2D eigenvalue weighted by atomic mass is 16.5. The Kier molecular flexibility index (Phi) is 5.90. The Morgan fingerprint density at radius 3 is 2.56 bits per heavy atom. The maximum atomic E-state index is 12.1. The molecule has 2 aromatic carbocycles. The molecule has 1 fully saturated rings. The van der Waals surface area contributed by atoms with Gasteiger partial charge in [0.25, 0.3) is 0 Å². The molecule has 0 aliphatic carbocycles. The lowest BCUT2D eigenvalue weighted by molar-refractivity contribution is -0.115. The van der Waals surface area contributed by atoms with Gasteiger partial charge in [-0.15, -0.1) is 0 Å². The summed E-state index contributed by atoms with van der Waals surface area (Å²) in [5.41, 5.74) is 4.25. The zero-order chi connectivity index (χ0) is 17.5. The number of morpholine rings is 1. The van der Waals surface area contributed by atoms with Crippen LogP contribution in [-0.4, -0.2) is 38.8 Å². The van der Waals surface area contributed by atoms with Gasteiger partial charge in [-0.05, 0) is 31.2 Å². The Morgan fingerprint density at radius 2 is 1.80 bits per heavy atom. The summed E-state index contributed by atoms with van der Waals surface area (Å²) in [5, 5.41) is 6.32. The normalized spacial score (nSPS) is 14.2. The molecule has 0 spiro atoms. The minimum absolute atomic E-state index is 0.0141. The van der Waals surface area contributed by atoms with Crippen molar-refractivity contribution in [2.24, 2.45) is 0 Å². The van der Waals surface area contributed by atoms with Crippen molar-refractivity contribution >= 4 is 23.0 Å². The molecule has 25 heavy (non-hydrogen) atoms. The van der Waals surface area contributed by atoms with Crippen LogP contribution in [0.4, 0.5) is 17.1 Å². The Morgan fingerprint density at radius 1 is 1.08 bits per heavy atom. The van der Waals surface area contributed by atoms with Crippen molar-refractivity contribution < 1.29 is 9.53 Å². The zero-order valence-electron chi connectivity index (χ0n) is 14.6. The summed E-state index contributed by atoms with van der Waals surface area (Å²) in [7, 11) is 0. The number of carbonyl (C=O) groups excluding carboxylic acids is 1. The number of carbonyl (C=O) groups is 1. The van der Waals surface area contributed by atoms with Crippen molar-refractivity contribution in [3.8, 4) is 0 Å². The van der Waals surface area contributed by atoms with Crippen LogP contribution in [0.2, 0.25) is 0 Å². The first-order chi connectivity index (χ1) is 12.2. The maximum Gasteiger partial charge on any atom is 0.226 e. The lowest BCUT2D eigenvalue weighted by atomic mass is 10.2. The lowest BCUT2D eigenvalue weighted by Gasteiger charge is -2.30. The van der Waals surface area contributed by atoms with Crippen LogP contribution >= 0.6 is 0 Å². The summed E-state index contributed by atoms with van der Waals surface area (Å²) < 4.78 is 5.42. The van der Waals surface area contributed by atoms with Crippen molar-refractivity contribution in [2.45, 2.75) is 13.3 Å². The minimum atomic E-state index is 0.0141. The van der Waals surface area contributed by atoms with E-state index in [2.05, 4.69) is 27.7 Å². The average molecular weight is 339 g/mol. The van der Waals surface area contributed by atoms with Gasteiger partial charge in [0.1, 0.15) is 0 Å². The number of hydrogen-bond donors (Lipinski definition) is 2. The Labute approximate surface area is 149 Å². The molecule has 2 aromatic rings. The SMILES string of the molecule is Cc1ccc(NC(=O)CCNc2ccccc2N2CCOCC2)cc1. The smallest absolute Gasteiger partial charge is 0.226 e. The average Bonchev–Trinajstić information content (AvgIpc) is 2.65. The van der Waals surface area contributed by atoms with E-state index in [-0.39, 0.29) is 5.91 Å². The fourth-order valence-corrected chi connectivity index (χ4v) is 2.87. The zero-order valence-corrected chi connectivity index (χ0v) is 14.6. The van der Waals surface area contributed by atoms with Crippen molar-refractivity contribution in [2.75, 3.05) is 48.4 Å². The number of para-hydroxylation sites is 2. The molecule has 0 saturated carbocycles. The van der Waals surface area contributed by atoms with E-state index in [1.54, 1.807) is 0 Å². The minimum Gasteiger partial charge on any atom is -0.383 e. The third kappa shape index (κ3) is 4.97. The largest absolute Gasteiger partial charge is 0.383 e. The molecule has 0 atom stereocenters.